The zero-order chi connectivity index (χ0) is 13.5. The van der Waals surface area contributed by atoms with Crippen LogP contribution in [0.3, 0.4) is 0 Å². The number of carbonyl (C=O) groups excluding carboxylic acids is 1. The van der Waals surface area contributed by atoms with Crippen LogP contribution in [0.25, 0.3) is 5.73 Å². The zero-order valence-electron chi connectivity index (χ0n) is 12.9. The molecule has 1 amide bonds. The predicted octanol–water partition coefficient (Wildman–Crippen LogP) is -1.63. The quantitative estimate of drug-likeness (QED) is 0.259. The Bertz CT molecular complexity index is 247. The zero-order valence-corrected chi connectivity index (χ0v) is 19.2. The molecule has 0 bridgehead atoms. The number of hydrogen-bond acceptors (Lipinski definition) is 1. The summed E-state index contributed by atoms with van der Waals surface area (Å²) < 4.78 is 0. The van der Waals surface area contributed by atoms with Crippen LogP contribution in [0.15, 0.2) is 17.7 Å². The van der Waals surface area contributed by atoms with Crippen LogP contribution < -0.4 is 24.8 Å². The van der Waals surface area contributed by atoms with Crippen molar-refractivity contribution in [2.75, 3.05) is 0 Å². The molecule has 0 aromatic rings. The van der Waals surface area contributed by atoms with Gasteiger partial charge >= 0.3 is 25.8 Å². The molecule has 0 heterocycles. The molecule has 0 aromatic carbocycles. The maximum absolute atomic E-state index is 9.99. The first-order valence-corrected chi connectivity index (χ1v) is 8.61. The minimum absolute atomic E-state index is 0. The minimum Gasteiger partial charge on any atom is -1.00 e. The molecule has 0 fully saturated rings. The Labute approximate surface area is 158 Å². The Hall–Kier alpha value is 0.617. The van der Waals surface area contributed by atoms with E-state index < -0.39 is 5.91 Å². The smallest absolute Gasteiger partial charge is 1.00 e. The van der Waals surface area contributed by atoms with Crippen molar-refractivity contribution in [1.82, 2.24) is 0 Å². The van der Waals surface area contributed by atoms with Crippen LogP contribution in [-0.2, 0) is 30.6 Å². The summed E-state index contributed by atoms with van der Waals surface area (Å²) in [5, 5.41) is 0. The molecule has 20 heavy (non-hydrogen) atoms. The molecule has 0 aliphatic heterocycles. The third-order valence-electron chi connectivity index (χ3n) is 1.88. The van der Waals surface area contributed by atoms with Crippen molar-refractivity contribution in [3.63, 3.8) is 0 Å². The van der Waals surface area contributed by atoms with Crippen LogP contribution in [0.2, 0.25) is 13.1 Å². The first kappa shape index (κ1) is 32.5. The number of allylic oxidation sites excluding steroid dienone is 4. The Morgan fingerprint density at radius 3 is 2.05 bits per heavy atom. The van der Waals surface area contributed by atoms with Gasteiger partial charge in [-0.15, -0.1) is 13.3 Å². The van der Waals surface area contributed by atoms with Gasteiger partial charge in [0.05, 0.1) is 0 Å². The third-order valence-corrected chi connectivity index (χ3v) is 1.88. The Balaban J connectivity index is -0.0000000565. The van der Waals surface area contributed by atoms with E-state index in [1.165, 1.54) is 5.57 Å². The van der Waals surface area contributed by atoms with Gasteiger partial charge in [-0.25, -0.2) is 11.6 Å². The summed E-state index contributed by atoms with van der Waals surface area (Å²) in [5.41, 5.74) is 7.86. The van der Waals surface area contributed by atoms with Crippen LogP contribution in [0.4, 0.5) is 0 Å². The molecule has 0 atom stereocenters. The van der Waals surface area contributed by atoms with Crippen LogP contribution in [-0.4, -0.2) is 15.4 Å². The maximum atomic E-state index is 9.99. The molecule has 6 heteroatoms. The molecule has 0 aromatic heterocycles. The van der Waals surface area contributed by atoms with Gasteiger partial charge in [-0.2, -0.15) is 6.08 Å². The van der Waals surface area contributed by atoms with Gasteiger partial charge in [0.15, 0.2) is 0 Å². The largest absolute Gasteiger partial charge is 4.00 e. The first-order chi connectivity index (χ1) is 8.08. The predicted molar refractivity (Wildman–Crippen MR) is 78.5 cm³/mol. The van der Waals surface area contributed by atoms with E-state index in [0.29, 0.717) is 6.42 Å². The molecule has 1 aliphatic carbocycles. The van der Waals surface area contributed by atoms with Crippen LogP contribution in [0, 0.1) is 6.08 Å². The van der Waals surface area contributed by atoms with Crippen molar-refractivity contribution in [3.05, 3.63) is 29.5 Å². The second-order valence-electron chi connectivity index (χ2n) is 3.96. The summed E-state index contributed by atoms with van der Waals surface area (Å²) >= 11 is 0. The molecular weight excluding hydrogens is 476 g/mol. The van der Waals surface area contributed by atoms with Crippen molar-refractivity contribution in [3.8, 4) is 0 Å². The number of nitrogens with one attached hydrogen (secondary N) is 1. The average Bonchev–Trinajstić information content (AvgIpc) is 2.71. The third kappa shape index (κ3) is 36.3. The van der Waals surface area contributed by atoms with E-state index in [4.69, 9.17) is 5.73 Å². The molecule has 2 nitrogen and oxygen atoms in total. The fourth-order valence-corrected chi connectivity index (χ4v) is 1.03. The molecule has 0 saturated heterocycles. The fraction of sp³-hybridized carbons (Fsp3) is 0.643. The Morgan fingerprint density at radius 1 is 1.35 bits per heavy atom. The van der Waals surface area contributed by atoms with Crippen molar-refractivity contribution >= 4 is 15.4 Å². The van der Waals surface area contributed by atoms with E-state index in [2.05, 4.69) is 39.1 Å². The minimum atomic E-state index is -0.432. The van der Waals surface area contributed by atoms with Gasteiger partial charge in [0.2, 0.25) is 0 Å². The summed E-state index contributed by atoms with van der Waals surface area (Å²) in [6.07, 6.45) is 11.8. The first-order valence-electron chi connectivity index (χ1n) is 6.30. The fourth-order valence-electron chi connectivity index (χ4n) is 1.03. The van der Waals surface area contributed by atoms with Gasteiger partial charge in [0.1, 0.15) is 0 Å². The molecule has 0 spiro atoms. The van der Waals surface area contributed by atoms with Gasteiger partial charge in [-0.3, -0.25) is 6.08 Å². The molecule has 0 unspecified atom stereocenters. The Morgan fingerprint density at radius 2 is 1.85 bits per heavy atom. The molecule has 1 aliphatic rings. The molecule has 1 N–H and O–H groups in total. The van der Waals surface area contributed by atoms with E-state index in [0.717, 1.165) is 35.2 Å². The Kier molecular flexibility index (Phi) is 45.3. The summed E-state index contributed by atoms with van der Waals surface area (Å²) in [7, 11) is 0.750. The van der Waals surface area contributed by atoms with E-state index >= 15 is 0 Å². The van der Waals surface area contributed by atoms with Gasteiger partial charge in [0, 0.05) is 15.4 Å². The van der Waals surface area contributed by atoms with Gasteiger partial charge in [-0.05, 0) is 12.8 Å². The van der Waals surface area contributed by atoms with Crippen molar-refractivity contribution in [1.29, 1.82) is 0 Å². The molecular formula is C14H26Cl2HfNOSi. The van der Waals surface area contributed by atoms with Crippen LogP contribution >= 0.6 is 0 Å². The van der Waals surface area contributed by atoms with E-state index in [-0.39, 0.29) is 50.7 Å². The second-order valence-corrected chi connectivity index (χ2v) is 5.11. The molecule has 1 radical (unpaired) electrons. The molecule has 115 valence electrons. The standard InChI is InChI=1S/C6H13NO.C6H7.C2H7Si.2ClH.Hf/c1-2-3-4-5-6(7)8;1-6-4-2-3-5-6;1-3-2;;;/h2-5H2,1H3,(H2,7,8);4-5H,2H2,1H3;3H,1-2H3;2*1H;/q;-1;;;;+4/p-3. The second kappa shape index (κ2) is 27.9. The van der Waals surface area contributed by atoms with Gasteiger partial charge in [-0.1, -0.05) is 32.9 Å². The topological polar surface area (TPSA) is 40.9 Å². The van der Waals surface area contributed by atoms with Crippen molar-refractivity contribution < 1.29 is 55.5 Å². The number of amides is 1. The summed E-state index contributed by atoms with van der Waals surface area (Å²) in [5.74, 6) is -0.432. The summed E-state index contributed by atoms with van der Waals surface area (Å²) in [4.78, 5) is 9.99. The summed E-state index contributed by atoms with van der Waals surface area (Å²) in [6.45, 7) is 8.58. The van der Waals surface area contributed by atoms with Gasteiger partial charge < -0.3 is 35.3 Å². The normalized spacial score (nSPS) is 10.1. The van der Waals surface area contributed by atoms with Gasteiger partial charge in [0.25, 0.3) is 0 Å². The average molecular weight is 502 g/mol. The number of halogens is 2. The van der Waals surface area contributed by atoms with E-state index in [1.54, 1.807) is 0 Å². The number of rotatable bonds is 4. The van der Waals surface area contributed by atoms with Crippen molar-refractivity contribution in [2.45, 2.75) is 59.0 Å². The molecule has 1 rings (SSSR count). The molecule has 0 saturated carbocycles. The van der Waals surface area contributed by atoms with E-state index in [1.807, 2.05) is 6.08 Å². The van der Waals surface area contributed by atoms with E-state index in [9.17, 15) is 4.79 Å². The van der Waals surface area contributed by atoms with Crippen molar-refractivity contribution in [2.24, 2.45) is 0 Å². The maximum Gasteiger partial charge on any atom is 4.00 e. The monoisotopic (exact) mass is 502 g/mol. The summed E-state index contributed by atoms with van der Waals surface area (Å²) in [6, 6.07) is 0. The SMILES string of the molecule is CC1=CC[C-]=C1.CCCCCC([NH-])=O.C[SiH]C.[Cl-].[Cl-].[Hf+4]. The number of hydrogen-bond donors (Lipinski definition) is 0. The number of carbonyl (C=O) groups is 1. The van der Waals surface area contributed by atoms with Crippen LogP contribution in [0.5, 0.6) is 0 Å². The number of unbranched alkanes of at least 4 members (excludes halogenated alkanes) is 2. The van der Waals surface area contributed by atoms with Crippen LogP contribution in [0.1, 0.15) is 46.0 Å².